The molecule has 4 unspecified atom stereocenters. The van der Waals surface area contributed by atoms with Crippen molar-refractivity contribution < 1.29 is 13.6 Å². The molecule has 3 N–H and O–H groups in total. The van der Waals surface area contributed by atoms with Gasteiger partial charge < -0.3 is 10.6 Å². The number of carbonyl (C=O) groups is 1. The van der Waals surface area contributed by atoms with E-state index >= 15 is 8.78 Å². The van der Waals surface area contributed by atoms with Gasteiger partial charge in [-0.2, -0.15) is 10.4 Å². The van der Waals surface area contributed by atoms with Crippen LogP contribution in [0.25, 0.3) is 11.4 Å². The zero-order valence-electron chi connectivity index (χ0n) is 23.1. The highest BCUT2D eigenvalue weighted by molar-refractivity contribution is 6.31. The van der Waals surface area contributed by atoms with Gasteiger partial charge in [0.25, 0.3) is 0 Å². The van der Waals surface area contributed by atoms with Crippen molar-refractivity contribution in [2.24, 2.45) is 5.41 Å². The third-order valence-electron chi connectivity index (χ3n) is 7.57. The molecular weight excluding hydrogens is 581 g/mol. The Kier molecular flexibility index (Phi) is 8.08. The molecule has 3 aromatic carbocycles. The number of nitriles is 1. The summed E-state index contributed by atoms with van der Waals surface area (Å²) in [6, 6.07) is 15.9. The van der Waals surface area contributed by atoms with E-state index in [0.29, 0.717) is 17.9 Å². The Morgan fingerprint density at radius 3 is 2.48 bits per heavy atom. The molecule has 42 heavy (non-hydrogen) atoms. The van der Waals surface area contributed by atoms with Crippen LogP contribution in [0.1, 0.15) is 44.2 Å². The number of hydrogen-bond donors (Lipinski definition) is 3. The normalized spacial score (nSPS) is 22.1. The number of H-pyrrole nitrogens is 1. The molecule has 4 aromatic rings. The van der Waals surface area contributed by atoms with Crippen LogP contribution in [0.4, 0.5) is 14.5 Å². The van der Waals surface area contributed by atoms with E-state index in [1.165, 1.54) is 30.6 Å². The summed E-state index contributed by atoms with van der Waals surface area (Å²) in [5.74, 6) is -2.60. The second kappa shape index (κ2) is 11.4. The maximum atomic E-state index is 15.8. The highest BCUT2D eigenvalue weighted by Gasteiger charge is 2.61. The molecule has 0 saturated carbocycles. The van der Waals surface area contributed by atoms with Crippen LogP contribution in [-0.4, -0.2) is 33.2 Å². The van der Waals surface area contributed by atoms with Gasteiger partial charge in [-0.15, -0.1) is 0 Å². The van der Waals surface area contributed by atoms with E-state index in [9.17, 15) is 10.1 Å². The predicted molar refractivity (Wildman–Crippen MR) is 158 cm³/mol. The van der Waals surface area contributed by atoms with E-state index in [1.54, 1.807) is 30.3 Å². The number of anilines is 1. The molecule has 2 heterocycles. The number of halogens is 4. The Balaban J connectivity index is 1.64. The number of rotatable bonds is 6. The molecule has 1 fully saturated rings. The topological polar surface area (TPSA) is 106 Å². The fourth-order valence-electron chi connectivity index (χ4n) is 5.83. The molecule has 216 valence electrons. The molecular formula is C31H28Cl2F2N6O. The van der Waals surface area contributed by atoms with Gasteiger partial charge in [0.05, 0.1) is 17.1 Å². The van der Waals surface area contributed by atoms with Crippen LogP contribution in [0.3, 0.4) is 0 Å². The molecule has 1 aliphatic rings. The van der Waals surface area contributed by atoms with E-state index in [4.69, 9.17) is 23.2 Å². The molecule has 0 aliphatic carbocycles. The fraction of sp³-hybridized carbons (Fsp3) is 0.290. The average molecular weight is 610 g/mol. The molecule has 1 aliphatic heterocycles. The smallest absolute Gasteiger partial charge is 0.242 e. The summed E-state index contributed by atoms with van der Waals surface area (Å²) < 4.78 is 31.5. The molecule has 11 heteroatoms. The zero-order chi connectivity index (χ0) is 30.2. The molecule has 1 aromatic heterocycles. The number of nitrogens with zero attached hydrogens (tertiary/aromatic N) is 3. The average Bonchev–Trinajstić information content (AvgIpc) is 3.57. The molecule has 4 atom stereocenters. The first kappa shape index (κ1) is 29.6. The number of carbonyl (C=O) groups excluding carboxylic acids is 1. The molecule has 0 bridgehead atoms. The van der Waals surface area contributed by atoms with Crippen molar-refractivity contribution in [1.82, 2.24) is 20.5 Å². The maximum Gasteiger partial charge on any atom is 0.242 e. The Labute approximate surface area is 252 Å². The van der Waals surface area contributed by atoms with Crippen molar-refractivity contribution in [2.45, 2.75) is 50.6 Å². The van der Waals surface area contributed by atoms with Crippen molar-refractivity contribution in [2.75, 3.05) is 5.32 Å². The van der Waals surface area contributed by atoms with Crippen molar-refractivity contribution >= 4 is 34.8 Å². The number of hydrogen-bond acceptors (Lipinski definition) is 5. The van der Waals surface area contributed by atoms with Gasteiger partial charge in [0, 0.05) is 33.8 Å². The van der Waals surface area contributed by atoms with Crippen LogP contribution < -0.4 is 10.6 Å². The number of aromatic amines is 1. The van der Waals surface area contributed by atoms with Gasteiger partial charge in [0.2, 0.25) is 5.91 Å². The fourth-order valence-corrected chi connectivity index (χ4v) is 6.17. The highest BCUT2D eigenvalue weighted by Crippen LogP contribution is 2.52. The molecule has 0 spiro atoms. The minimum Gasteiger partial charge on any atom is -0.325 e. The third-order valence-corrected chi connectivity index (χ3v) is 8.10. The summed E-state index contributed by atoms with van der Waals surface area (Å²) in [6.45, 7) is 5.94. The van der Waals surface area contributed by atoms with Gasteiger partial charge in [-0.25, -0.2) is 13.8 Å². The van der Waals surface area contributed by atoms with Crippen LogP contribution in [0.2, 0.25) is 10.0 Å². The van der Waals surface area contributed by atoms with Crippen molar-refractivity contribution in [3.8, 4) is 17.5 Å². The van der Waals surface area contributed by atoms with Gasteiger partial charge in [-0.05, 0) is 59.9 Å². The number of amides is 1. The van der Waals surface area contributed by atoms with E-state index < -0.39 is 41.0 Å². The van der Waals surface area contributed by atoms with Crippen LogP contribution in [-0.2, 0) is 10.2 Å². The lowest BCUT2D eigenvalue weighted by Gasteiger charge is -2.37. The Morgan fingerprint density at radius 1 is 1.12 bits per heavy atom. The van der Waals surface area contributed by atoms with E-state index in [-0.39, 0.29) is 26.6 Å². The second-order valence-electron chi connectivity index (χ2n) is 11.6. The Hall–Kier alpha value is -3.84. The molecule has 0 radical (unpaired) electrons. The van der Waals surface area contributed by atoms with E-state index in [0.717, 1.165) is 11.6 Å². The summed E-state index contributed by atoms with van der Waals surface area (Å²) in [6.07, 6.45) is 1.77. The van der Waals surface area contributed by atoms with E-state index in [2.05, 4.69) is 31.9 Å². The molecule has 5 rings (SSSR count). The summed E-state index contributed by atoms with van der Waals surface area (Å²) in [5.41, 5.74) is -0.770. The maximum absolute atomic E-state index is 15.8. The zero-order valence-corrected chi connectivity index (χ0v) is 24.6. The van der Waals surface area contributed by atoms with Crippen molar-refractivity contribution in [3.05, 3.63) is 99.8 Å². The quantitative estimate of drug-likeness (QED) is 0.218. The largest absolute Gasteiger partial charge is 0.325 e. The highest BCUT2D eigenvalue weighted by atomic mass is 35.5. The van der Waals surface area contributed by atoms with Crippen molar-refractivity contribution in [1.29, 1.82) is 5.26 Å². The van der Waals surface area contributed by atoms with Gasteiger partial charge >= 0.3 is 0 Å². The van der Waals surface area contributed by atoms with Crippen LogP contribution in [0.15, 0.2) is 67.0 Å². The van der Waals surface area contributed by atoms with Gasteiger partial charge in [0.1, 0.15) is 23.4 Å². The van der Waals surface area contributed by atoms with Crippen LogP contribution in [0.5, 0.6) is 0 Å². The summed E-state index contributed by atoms with van der Waals surface area (Å²) in [7, 11) is 0. The Morgan fingerprint density at radius 2 is 1.86 bits per heavy atom. The summed E-state index contributed by atoms with van der Waals surface area (Å²) in [5, 5.41) is 23.7. The molecule has 1 saturated heterocycles. The summed E-state index contributed by atoms with van der Waals surface area (Å²) >= 11 is 12.3. The van der Waals surface area contributed by atoms with Crippen LogP contribution in [0, 0.1) is 28.4 Å². The lowest BCUT2D eigenvalue weighted by molar-refractivity contribution is -0.118. The Bertz CT molecular complexity index is 1650. The number of nitrogens with one attached hydrogen (secondary N) is 3. The first-order valence-corrected chi connectivity index (χ1v) is 14.0. The number of benzene rings is 3. The first-order chi connectivity index (χ1) is 19.9. The van der Waals surface area contributed by atoms with Gasteiger partial charge in [0.15, 0.2) is 5.82 Å². The standard InChI is InChI=1S/C31H28Cl2F2N6O/c1-30(2,3)14-24-31(15-36,21-12-9-18(32)13-23(21)34)25(20-5-4-6-22(33)26(20)35)27(40-24)29(42)39-19-10-7-17(8-11-19)28-37-16-38-41-28/h4-13,16,24-25,27,40H,14H2,1-3H3,(H,39,42)(H,37,38,41). The lowest BCUT2D eigenvalue weighted by atomic mass is 9.62. The monoisotopic (exact) mass is 608 g/mol. The van der Waals surface area contributed by atoms with Gasteiger partial charge in [-0.3, -0.25) is 9.89 Å². The minimum absolute atomic E-state index is 0.0206. The van der Waals surface area contributed by atoms with Crippen molar-refractivity contribution in [3.63, 3.8) is 0 Å². The SMILES string of the molecule is CC(C)(C)CC1NC(C(=O)Nc2ccc(-c3ncn[nH]3)cc2)C(c2cccc(Cl)c2F)C1(C#N)c1ccc(Cl)cc1F. The predicted octanol–water partition coefficient (Wildman–Crippen LogP) is 7.02. The first-order valence-electron chi connectivity index (χ1n) is 13.3. The second-order valence-corrected chi connectivity index (χ2v) is 12.4. The molecule has 7 nitrogen and oxygen atoms in total. The van der Waals surface area contributed by atoms with Crippen LogP contribution >= 0.6 is 23.2 Å². The minimum atomic E-state index is -1.70. The van der Waals surface area contributed by atoms with E-state index in [1.807, 2.05) is 20.8 Å². The number of aromatic nitrogens is 3. The van der Waals surface area contributed by atoms with Gasteiger partial charge in [-0.1, -0.05) is 62.2 Å². The molecule has 1 amide bonds. The summed E-state index contributed by atoms with van der Waals surface area (Å²) in [4.78, 5) is 18.1. The lowest BCUT2D eigenvalue weighted by Crippen LogP contribution is -2.45. The third kappa shape index (κ3) is 5.50.